The average Bonchev–Trinajstić information content (AvgIpc) is 3.94. The van der Waals surface area contributed by atoms with Crippen LogP contribution in [0.2, 0.25) is 0 Å². The molecule has 3 aliphatic heterocycles. The number of nitrogens with zero attached hydrogens (tertiary/aromatic N) is 6. The number of carbonyl (C=O) groups excluding carboxylic acids is 3. The topological polar surface area (TPSA) is 193 Å². The van der Waals surface area contributed by atoms with Crippen molar-refractivity contribution in [3.8, 4) is 5.88 Å². The maximum Gasteiger partial charge on any atom is 0.352 e. The largest absolute Gasteiger partial charge is 0.481 e. The number of aliphatic carboxylic acids is 1. The van der Waals surface area contributed by atoms with Crippen molar-refractivity contribution in [3.63, 3.8) is 0 Å². The molecule has 3 aromatic carbocycles. The Hall–Kier alpha value is -6.82. The summed E-state index contributed by atoms with van der Waals surface area (Å²) in [5.74, 6) is -2.44. The van der Waals surface area contributed by atoms with Gasteiger partial charge in [-0.2, -0.15) is 0 Å². The normalized spacial score (nSPS) is 17.9. The maximum absolute atomic E-state index is 14.3. The van der Waals surface area contributed by atoms with Crippen LogP contribution in [-0.2, 0) is 29.6 Å². The minimum Gasteiger partial charge on any atom is -0.481 e. The van der Waals surface area contributed by atoms with Gasteiger partial charge in [0.1, 0.15) is 22.8 Å². The lowest BCUT2D eigenvalue weighted by molar-refractivity contribution is -0.150. The van der Waals surface area contributed by atoms with Crippen molar-refractivity contribution in [2.75, 3.05) is 49.7 Å². The number of hydrogen-bond donors (Lipinski definition) is 3. The molecule has 0 spiro atoms. The fourth-order valence-corrected chi connectivity index (χ4v) is 9.74. The van der Waals surface area contributed by atoms with Crippen molar-refractivity contribution >= 4 is 63.3 Å². The van der Waals surface area contributed by atoms with Crippen LogP contribution in [0.25, 0.3) is 0 Å². The van der Waals surface area contributed by atoms with E-state index in [9.17, 15) is 24.3 Å². The van der Waals surface area contributed by atoms with Gasteiger partial charge in [-0.3, -0.25) is 19.3 Å². The molecule has 336 valence electrons. The van der Waals surface area contributed by atoms with E-state index in [1.807, 2.05) is 91.0 Å². The van der Waals surface area contributed by atoms with E-state index in [1.54, 1.807) is 28.5 Å². The summed E-state index contributed by atoms with van der Waals surface area (Å²) in [7, 11) is 1.50. The number of nitrogens with two attached hydrogens (primary N) is 1. The van der Waals surface area contributed by atoms with Crippen molar-refractivity contribution in [1.29, 1.82) is 0 Å². The van der Waals surface area contributed by atoms with Gasteiger partial charge in [-0.05, 0) is 43.8 Å². The molecule has 8 rings (SSSR count). The number of carbonyl (C=O) groups is 4. The first-order chi connectivity index (χ1) is 31.5. The van der Waals surface area contributed by atoms with E-state index >= 15 is 0 Å². The summed E-state index contributed by atoms with van der Waals surface area (Å²) in [6, 6.07) is 30.7. The molecule has 17 heteroatoms. The first-order valence-corrected chi connectivity index (χ1v) is 23.1. The summed E-state index contributed by atoms with van der Waals surface area (Å²) in [5.41, 5.74) is 7.85. The molecule has 0 aliphatic carbocycles. The predicted molar refractivity (Wildman–Crippen MR) is 252 cm³/mol. The molecule has 2 saturated heterocycles. The molecule has 0 unspecified atom stereocenters. The number of carboxylic acid groups (broad SMARTS) is 1. The highest BCUT2D eigenvalue weighted by atomic mass is 32.2. The number of nitrogens with one attached hydrogen (secondary N) is 1. The van der Waals surface area contributed by atoms with Crippen LogP contribution in [0.5, 0.6) is 5.88 Å². The number of nitrogen functional groups attached to an aromatic ring is 1. The molecule has 5 heterocycles. The van der Waals surface area contributed by atoms with E-state index in [0.29, 0.717) is 35.7 Å². The lowest BCUT2D eigenvalue weighted by Crippen LogP contribution is -2.71. The van der Waals surface area contributed by atoms with Gasteiger partial charge in [-0.15, -0.1) is 23.1 Å². The smallest absolute Gasteiger partial charge is 0.352 e. The van der Waals surface area contributed by atoms with E-state index in [0.717, 1.165) is 32.9 Å². The van der Waals surface area contributed by atoms with Crippen LogP contribution in [0.4, 0.5) is 10.8 Å². The van der Waals surface area contributed by atoms with E-state index < -0.39 is 34.8 Å². The zero-order valence-electron chi connectivity index (χ0n) is 36.4. The molecule has 3 aliphatic rings. The third-order valence-corrected chi connectivity index (χ3v) is 13.3. The average molecular weight is 915 g/mol. The third kappa shape index (κ3) is 9.67. The van der Waals surface area contributed by atoms with Gasteiger partial charge in [0.05, 0.1) is 19.0 Å². The second-order valence-corrected chi connectivity index (χ2v) is 17.0. The fraction of sp³-hybridized carbons (Fsp3) is 0.271. The number of hydrogen-bond acceptors (Lipinski definition) is 13. The Bertz CT molecular complexity index is 2480. The number of thioether (sulfide) groups is 1. The van der Waals surface area contributed by atoms with Crippen molar-refractivity contribution in [1.82, 2.24) is 25.1 Å². The Morgan fingerprint density at radius 2 is 1.54 bits per heavy atom. The monoisotopic (exact) mass is 914 g/mol. The van der Waals surface area contributed by atoms with Crippen molar-refractivity contribution in [2.24, 2.45) is 5.16 Å². The SMILES string of the molecule is CCN(CC)CC.COc1ccc(N2CC/C(=C\C3=C(C(=O)O)N4C(=O)[C@@H](NC(=O)/C(=N\OC(c5ccccc5)(c5ccccc5)c5ccccc5)c5csc(N)n5)[C@H]4SC3)C2=O)cn1. The number of anilines is 2. The summed E-state index contributed by atoms with van der Waals surface area (Å²) >= 11 is 2.38. The van der Waals surface area contributed by atoms with Crippen LogP contribution >= 0.6 is 23.1 Å². The summed E-state index contributed by atoms with van der Waals surface area (Å²) in [5, 5.41) is 18.6. The first-order valence-electron chi connectivity index (χ1n) is 21.1. The zero-order valence-corrected chi connectivity index (χ0v) is 38.1. The summed E-state index contributed by atoms with van der Waals surface area (Å²) < 4.78 is 5.11. The Morgan fingerprint density at radius 3 is 2.02 bits per heavy atom. The molecule has 5 aromatic rings. The Balaban J connectivity index is 0.000000833. The number of carboxylic acids is 1. The molecular weight excluding hydrogens is 865 g/mol. The molecule has 0 bridgehead atoms. The van der Waals surface area contributed by atoms with Gasteiger partial charge in [0.2, 0.25) is 11.5 Å². The van der Waals surface area contributed by atoms with Crippen molar-refractivity contribution < 1.29 is 33.9 Å². The number of aromatic nitrogens is 2. The summed E-state index contributed by atoms with van der Waals surface area (Å²) in [6.07, 6.45) is 3.46. The van der Waals surface area contributed by atoms with Gasteiger partial charge in [-0.1, -0.05) is 117 Å². The number of rotatable bonds is 15. The standard InChI is InChI=1S/C42H35N7O7S2.C6H15N/c1-55-32-18-17-30(22-44-32)48-20-19-25(37(48)51)21-26-23-57-39-34(38(52)49(39)35(26)40(53)54)46-36(50)33(31-24-58-41(43)45-31)47-56-42(27-11-5-2-6-12-27,28-13-7-3-8-14-28)29-15-9-4-10-16-29;1-4-7(5-2)6-3/h2-18,21-22,24,34,39H,19-20,23H2,1H3,(H2,43,45)(H,46,50)(H,53,54);4-6H2,1-3H3/b25-21+,47-33-;/t34-,39-;/m1./s1. The number of thiazole rings is 1. The highest BCUT2D eigenvalue weighted by Gasteiger charge is 2.54. The molecule has 0 radical (unpaired) electrons. The van der Waals surface area contributed by atoms with Crippen LogP contribution in [-0.4, -0.2) is 105 Å². The molecule has 2 fully saturated rings. The van der Waals surface area contributed by atoms with E-state index in [-0.39, 0.29) is 33.9 Å². The molecule has 15 nitrogen and oxygen atoms in total. The maximum atomic E-state index is 14.3. The fourth-order valence-electron chi connectivity index (χ4n) is 7.88. The lowest BCUT2D eigenvalue weighted by Gasteiger charge is -2.49. The van der Waals surface area contributed by atoms with Gasteiger partial charge in [-0.25, -0.2) is 14.8 Å². The molecule has 0 saturated carbocycles. The number of β-lactam (4-membered cyclic amide) rings is 1. The number of methoxy groups -OCH3 is 1. The Labute approximate surface area is 385 Å². The van der Waals surface area contributed by atoms with Gasteiger partial charge in [0.15, 0.2) is 10.8 Å². The molecule has 3 amide bonds. The third-order valence-electron chi connectivity index (χ3n) is 11.3. The number of oxime groups is 1. The molecule has 65 heavy (non-hydrogen) atoms. The molecule has 2 atom stereocenters. The van der Waals surface area contributed by atoms with Gasteiger partial charge >= 0.3 is 5.97 Å². The zero-order chi connectivity index (χ0) is 46.1. The number of benzene rings is 3. The van der Waals surface area contributed by atoms with Crippen LogP contribution < -0.4 is 20.7 Å². The minimum absolute atomic E-state index is 0.128. The van der Waals surface area contributed by atoms with Crippen LogP contribution in [0, 0.1) is 0 Å². The molecule has 4 N–H and O–H groups in total. The number of pyridine rings is 1. The molecule has 2 aromatic heterocycles. The second-order valence-electron chi connectivity index (χ2n) is 15.0. The molecular formula is C48H50N8O7S2. The first kappa shape index (κ1) is 46.2. The van der Waals surface area contributed by atoms with Crippen molar-refractivity contribution in [3.05, 3.63) is 160 Å². The predicted octanol–water partition coefficient (Wildman–Crippen LogP) is 6.29. The van der Waals surface area contributed by atoms with Gasteiger partial charge < -0.3 is 35.5 Å². The quantitative estimate of drug-likeness (QED) is 0.0350. The van der Waals surface area contributed by atoms with Crippen LogP contribution in [0.15, 0.2) is 143 Å². The summed E-state index contributed by atoms with van der Waals surface area (Å²) in [6.45, 7) is 10.5. The summed E-state index contributed by atoms with van der Waals surface area (Å²) in [4.78, 5) is 74.4. The van der Waals surface area contributed by atoms with Gasteiger partial charge in [0.25, 0.3) is 17.7 Å². The second kappa shape index (κ2) is 20.8. The highest BCUT2D eigenvalue weighted by Crippen LogP contribution is 2.43. The highest BCUT2D eigenvalue weighted by molar-refractivity contribution is 8.00. The minimum atomic E-state index is -1.33. The lowest BCUT2D eigenvalue weighted by atomic mass is 9.80. The van der Waals surface area contributed by atoms with Crippen LogP contribution in [0.1, 0.15) is 49.6 Å². The van der Waals surface area contributed by atoms with Gasteiger partial charge in [0, 0.05) is 46.0 Å². The Kier molecular flexibility index (Phi) is 14.8. The number of fused-ring (bicyclic) bond motifs is 1. The van der Waals surface area contributed by atoms with E-state index in [4.69, 9.17) is 15.3 Å². The number of allylic oxidation sites excluding steroid dienone is 1. The van der Waals surface area contributed by atoms with Crippen LogP contribution in [0.3, 0.4) is 0 Å². The van der Waals surface area contributed by atoms with E-state index in [2.05, 4.69) is 46.1 Å². The van der Waals surface area contributed by atoms with Crippen molar-refractivity contribution in [2.45, 2.75) is 44.2 Å². The Morgan fingerprint density at radius 1 is 0.938 bits per heavy atom. The number of amides is 3. The number of ether oxygens (including phenoxy) is 1. The van der Waals surface area contributed by atoms with E-state index in [1.165, 1.54) is 44.7 Å².